The van der Waals surface area contributed by atoms with Gasteiger partial charge in [-0.2, -0.15) is 5.10 Å². The normalized spacial score (nSPS) is 11.1. The number of H-pyrrole nitrogens is 1. The van der Waals surface area contributed by atoms with Crippen LogP contribution in [-0.4, -0.2) is 22.3 Å². The lowest BCUT2D eigenvalue weighted by Crippen LogP contribution is -1.86. The number of nitrogens with one attached hydrogen (secondary N) is 1. The Morgan fingerprint density at radius 2 is 2.19 bits per heavy atom. The minimum Gasteiger partial charge on any atom is -0.497 e. The molecule has 0 amide bonds. The van der Waals surface area contributed by atoms with Crippen molar-refractivity contribution in [3.63, 3.8) is 0 Å². The van der Waals surface area contributed by atoms with Crippen LogP contribution in [0.1, 0.15) is 0 Å². The van der Waals surface area contributed by atoms with Gasteiger partial charge in [0.15, 0.2) is 5.65 Å². The smallest absolute Gasteiger partial charge is 0.183 e. The van der Waals surface area contributed by atoms with E-state index in [1.54, 1.807) is 7.11 Å². The maximum Gasteiger partial charge on any atom is 0.183 e. The average molecular weight is 214 g/mol. The third-order valence-electron chi connectivity index (χ3n) is 2.57. The summed E-state index contributed by atoms with van der Waals surface area (Å²) in [7, 11) is 1.64. The van der Waals surface area contributed by atoms with Crippen LogP contribution in [0.4, 0.5) is 5.82 Å². The summed E-state index contributed by atoms with van der Waals surface area (Å²) in [4.78, 5) is 4.40. The first-order valence-corrected chi connectivity index (χ1v) is 4.86. The summed E-state index contributed by atoms with van der Waals surface area (Å²) in [5, 5.41) is 8.55. The van der Waals surface area contributed by atoms with Crippen molar-refractivity contribution >= 4 is 27.8 Å². The van der Waals surface area contributed by atoms with Crippen LogP contribution in [-0.2, 0) is 0 Å². The third-order valence-corrected chi connectivity index (χ3v) is 2.57. The van der Waals surface area contributed by atoms with Gasteiger partial charge >= 0.3 is 0 Å². The van der Waals surface area contributed by atoms with E-state index >= 15 is 0 Å². The number of methoxy groups -OCH3 is 1. The predicted octanol–water partition coefficient (Wildman–Crippen LogP) is 1.70. The molecule has 2 heterocycles. The Kier molecular flexibility index (Phi) is 1.73. The Labute approximate surface area is 91.2 Å². The molecule has 2 aromatic heterocycles. The Morgan fingerprint density at radius 3 is 3.00 bits per heavy atom. The number of nitrogens with two attached hydrogens (primary N) is 1. The van der Waals surface area contributed by atoms with Gasteiger partial charge in [-0.1, -0.05) is 0 Å². The molecule has 0 aliphatic rings. The van der Waals surface area contributed by atoms with Crippen molar-refractivity contribution in [2.75, 3.05) is 12.8 Å². The highest BCUT2D eigenvalue weighted by Gasteiger charge is 2.06. The highest BCUT2D eigenvalue weighted by Crippen LogP contribution is 2.24. The first-order chi connectivity index (χ1) is 7.78. The Morgan fingerprint density at radius 1 is 1.31 bits per heavy atom. The van der Waals surface area contributed by atoms with Crippen molar-refractivity contribution in [1.82, 2.24) is 15.2 Å². The van der Waals surface area contributed by atoms with Crippen molar-refractivity contribution in [3.05, 3.63) is 24.3 Å². The second-order valence-corrected chi connectivity index (χ2v) is 3.56. The summed E-state index contributed by atoms with van der Waals surface area (Å²) in [6, 6.07) is 7.66. The van der Waals surface area contributed by atoms with Crippen LogP contribution in [0.25, 0.3) is 21.9 Å². The molecule has 0 aliphatic heterocycles. The first-order valence-electron chi connectivity index (χ1n) is 4.86. The van der Waals surface area contributed by atoms with Crippen molar-refractivity contribution in [2.45, 2.75) is 0 Å². The van der Waals surface area contributed by atoms with Gasteiger partial charge < -0.3 is 10.5 Å². The molecule has 5 heteroatoms. The van der Waals surface area contributed by atoms with E-state index in [1.807, 2.05) is 24.3 Å². The average Bonchev–Trinajstić information content (AvgIpc) is 2.67. The number of nitrogen functional groups attached to an aromatic ring is 1. The summed E-state index contributed by atoms with van der Waals surface area (Å²) in [6.45, 7) is 0. The van der Waals surface area contributed by atoms with Gasteiger partial charge in [0.25, 0.3) is 0 Å². The van der Waals surface area contributed by atoms with E-state index in [0.717, 1.165) is 22.0 Å². The molecular weight excluding hydrogens is 204 g/mol. The van der Waals surface area contributed by atoms with E-state index < -0.39 is 0 Å². The van der Waals surface area contributed by atoms with Crippen LogP contribution in [0.3, 0.4) is 0 Å². The Bertz CT molecular complexity index is 674. The van der Waals surface area contributed by atoms with Gasteiger partial charge in [0.2, 0.25) is 0 Å². The maximum absolute atomic E-state index is 5.75. The van der Waals surface area contributed by atoms with Gasteiger partial charge in [-0.3, -0.25) is 5.10 Å². The summed E-state index contributed by atoms with van der Waals surface area (Å²) in [6.07, 6.45) is 0. The minimum absolute atomic E-state index is 0.534. The highest BCUT2D eigenvalue weighted by atomic mass is 16.5. The van der Waals surface area contributed by atoms with E-state index in [2.05, 4.69) is 15.2 Å². The number of pyridine rings is 1. The second kappa shape index (κ2) is 3.10. The number of benzene rings is 1. The van der Waals surface area contributed by atoms with Crippen LogP contribution in [0.5, 0.6) is 5.75 Å². The molecule has 0 spiro atoms. The van der Waals surface area contributed by atoms with Crippen LogP contribution in [0.15, 0.2) is 24.3 Å². The Hall–Kier alpha value is -2.30. The summed E-state index contributed by atoms with van der Waals surface area (Å²) < 4.78 is 5.16. The molecule has 16 heavy (non-hydrogen) atoms. The van der Waals surface area contributed by atoms with Crippen LogP contribution < -0.4 is 10.5 Å². The fraction of sp³-hybridized carbons (Fsp3) is 0.0909. The third kappa shape index (κ3) is 1.18. The van der Waals surface area contributed by atoms with E-state index in [0.29, 0.717) is 11.5 Å². The van der Waals surface area contributed by atoms with Gasteiger partial charge in [0.1, 0.15) is 11.6 Å². The molecule has 0 atom stereocenters. The summed E-state index contributed by atoms with van der Waals surface area (Å²) in [5.74, 6) is 1.34. The molecule has 0 radical (unpaired) electrons. The zero-order valence-electron chi connectivity index (χ0n) is 8.69. The molecule has 0 fully saturated rings. The maximum atomic E-state index is 5.75. The molecule has 0 saturated heterocycles. The van der Waals surface area contributed by atoms with Gasteiger partial charge in [-0.25, -0.2) is 4.98 Å². The number of aromatic amines is 1. The van der Waals surface area contributed by atoms with Crippen molar-refractivity contribution in [2.24, 2.45) is 0 Å². The summed E-state index contributed by atoms with van der Waals surface area (Å²) >= 11 is 0. The monoisotopic (exact) mass is 214 g/mol. The van der Waals surface area contributed by atoms with Gasteiger partial charge in [-0.05, 0) is 24.3 Å². The van der Waals surface area contributed by atoms with E-state index in [9.17, 15) is 0 Å². The molecule has 1 aromatic carbocycles. The zero-order valence-corrected chi connectivity index (χ0v) is 8.69. The fourth-order valence-corrected chi connectivity index (χ4v) is 1.73. The lowest BCUT2D eigenvalue weighted by Gasteiger charge is -2.01. The molecular formula is C11H10N4O. The van der Waals surface area contributed by atoms with Crippen molar-refractivity contribution in [3.8, 4) is 5.75 Å². The Balaban J connectivity index is 2.39. The predicted molar refractivity (Wildman–Crippen MR) is 62.4 cm³/mol. The number of anilines is 1. The highest BCUT2D eigenvalue weighted by molar-refractivity contribution is 5.96. The lowest BCUT2D eigenvalue weighted by molar-refractivity contribution is 0.415. The topological polar surface area (TPSA) is 76.8 Å². The lowest BCUT2D eigenvalue weighted by atomic mass is 10.2. The molecule has 80 valence electrons. The molecule has 0 unspecified atom stereocenters. The van der Waals surface area contributed by atoms with Crippen molar-refractivity contribution < 1.29 is 4.74 Å². The summed E-state index contributed by atoms with van der Waals surface area (Å²) in [5.41, 5.74) is 7.26. The SMILES string of the molecule is COc1ccc2nc3n[nH]c(N)c3cc2c1. The van der Waals surface area contributed by atoms with E-state index in [-0.39, 0.29) is 0 Å². The van der Waals surface area contributed by atoms with Crippen LogP contribution in [0.2, 0.25) is 0 Å². The second-order valence-electron chi connectivity index (χ2n) is 3.56. The zero-order chi connectivity index (χ0) is 11.1. The molecule has 0 bridgehead atoms. The number of hydrogen-bond acceptors (Lipinski definition) is 4. The number of fused-ring (bicyclic) bond motifs is 2. The van der Waals surface area contributed by atoms with E-state index in [1.165, 1.54) is 0 Å². The molecule has 0 saturated carbocycles. The largest absolute Gasteiger partial charge is 0.497 e. The minimum atomic E-state index is 0.534. The molecule has 0 aliphatic carbocycles. The van der Waals surface area contributed by atoms with Gasteiger partial charge in [0.05, 0.1) is 18.0 Å². The number of nitrogens with zero attached hydrogens (tertiary/aromatic N) is 2. The molecule has 3 N–H and O–H groups in total. The van der Waals surface area contributed by atoms with Crippen LogP contribution in [0, 0.1) is 0 Å². The fourth-order valence-electron chi connectivity index (χ4n) is 1.73. The van der Waals surface area contributed by atoms with Crippen molar-refractivity contribution in [1.29, 1.82) is 0 Å². The number of rotatable bonds is 1. The molecule has 3 rings (SSSR count). The standard InChI is InChI=1S/C11H10N4O/c1-16-7-2-3-9-6(4-7)5-8-10(12)14-15-11(8)13-9/h2-5H,1H3,(H3,12,13,14,15). The first kappa shape index (κ1) is 8.96. The number of hydrogen-bond donors (Lipinski definition) is 2. The van der Waals surface area contributed by atoms with Gasteiger partial charge in [-0.15, -0.1) is 0 Å². The molecule has 5 nitrogen and oxygen atoms in total. The van der Waals surface area contributed by atoms with E-state index in [4.69, 9.17) is 10.5 Å². The van der Waals surface area contributed by atoms with Gasteiger partial charge in [0, 0.05) is 5.39 Å². The molecule has 3 aromatic rings. The number of aromatic nitrogens is 3. The quantitative estimate of drug-likeness (QED) is 0.646. The number of ether oxygens (including phenoxy) is 1. The van der Waals surface area contributed by atoms with Crippen LogP contribution >= 0.6 is 0 Å².